The number of benzene rings is 1. The van der Waals surface area contributed by atoms with Crippen LogP contribution < -0.4 is 11.1 Å². The van der Waals surface area contributed by atoms with Crippen LogP contribution in [0.1, 0.15) is 41.7 Å². The van der Waals surface area contributed by atoms with Crippen LogP contribution in [0.2, 0.25) is 0 Å². The molecule has 1 saturated carbocycles. The van der Waals surface area contributed by atoms with Gasteiger partial charge < -0.3 is 11.1 Å². The second-order valence-electron chi connectivity index (χ2n) is 7.41. The summed E-state index contributed by atoms with van der Waals surface area (Å²) in [7, 11) is 1.86. The standard InChI is InChI=1S/C21H25N5O/c1-13-19-17(21(27)23-16-10-8-15(22)9-11-16)12-18(14-6-4-3-5-7-14)24-20(19)26(2)25-13/h3-7,12,15-16H,8-11,22H2,1-2H3,(H,23,27). The third-order valence-corrected chi connectivity index (χ3v) is 5.39. The molecule has 27 heavy (non-hydrogen) atoms. The molecule has 1 amide bonds. The van der Waals surface area contributed by atoms with Crippen molar-refractivity contribution in [2.24, 2.45) is 12.8 Å². The zero-order valence-electron chi connectivity index (χ0n) is 15.8. The molecule has 0 spiro atoms. The van der Waals surface area contributed by atoms with Gasteiger partial charge in [-0.05, 0) is 38.7 Å². The second-order valence-corrected chi connectivity index (χ2v) is 7.41. The molecule has 0 radical (unpaired) electrons. The molecular formula is C21H25N5O. The summed E-state index contributed by atoms with van der Waals surface area (Å²) >= 11 is 0. The molecule has 0 bridgehead atoms. The van der Waals surface area contributed by atoms with E-state index in [0.717, 1.165) is 53.7 Å². The molecule has 3 aromatic rings. The largest absolute Gasteiger partial charge is 0.349 e. The summed E-state index contributed by atoms with van der Waals surface area (Å²) in [6.07, 6.45) is 3.77. The minimum absolute atomic E-state index is 0.0591. The average Bonchev–Trinajstić information content (AvgIpc) is 2.97. The molecule has 1 fully saturated rings. The Hall–Kier alpha value is -2.73. The highest BCUT2D eigenvalue weighted by molar-refractivity contribution is 6.07. The van der Waals surface area contributed by atoms with Crippen molar-refractivity contribution in [3.8, 4) is 11.3 Å². The first kappa shape index (κ1) is 17.7. The van der Waals surface area contributed by atoms with Gasteiger partial charge in [0, 0.05) is 24.7 Å². The topological polar surface area (TPSA) is 85.8 Å². The van der Waals surface area contributed by atoms with Crippen LogP contribution in [-0.2, 0) is 7.05 Å². The van der Waals surface area contributed by atoms with Gasteiger partial charge in [0.2, 0.25) is 0 Å². The van der Waals surface area contributed by atoms with E-state index in [1.807, 2.05) is 50.4 Å². The molecule has 2 heterocycles. The number of aryl methyl sites for hydroxylation is 2. The number of hydrogen-bond acceptors (Lipinski definition) is 4. The zero-order valence-corrected chi connectivity index (χ0v) is 15.8. The van der Waals surface area contributed by atoms with Gasteiger partial charge in [-0.15, -0.1) is 0 Å². The first-order chi connectivity index (χ1) is 13.0. The summed E-state index contributed by atoms with van der Waals surface area (Å²) in [5, 5.41) is 8.51. The second kappa shape index (κ2) is 7.12. The van der Waals surface area contributed by atoms with E-state index in [2.05, 4.69) is 10.4 Å². The van der Waals surface area contributed by atoms with Crippen LogP contribution in [0, 0.1) is 6.92 Å². The van der Waals surface area contributed by atoms with Crippen LogP contribution in [0.15, 0.2) is 36.4 Å². The highest BCUT2D eigenvalue weighted by Crippen LogP contribution is 2.27. The maximum Gasteiger partial charge on any atom is 0.252 e. The van der Waals surface area contributed by atoms with E-state index in [1.165, 1.54) is 0 Å². The molecule has 0 unspecified atom stereocenters. The lowest BCUT2D eigenvalue weighted by Gasteiger charge is -2.27. The maximum absolute atomic E-state index is 13.1. The minimum atomic E-state index is -0.0591. The molecule has 2 aromatic heterocycles. The average molecular weight is 363 g/mol. The molecule has 140 valence electrons. The summed E-state index contributed by atoms with van der Waals surface area (Å²) in [6.45, 7) is 1.92. The van der Waals surface area contributed by atoms with E-state index in [9.17, 15) is 4.79 Å². The van der Waals surface area contributed by atoms with E-state index in [1.54, 1.807) is 4.68 Å². The van der Waals surface area contributed by atoms with Crippen molar-refractivity contribution in [2.75, 3.05) is 0 Å². The van der Waals surface area contributed by atoms with Crippen LogP contribution in [0.4, 0.5) is 0 Å². The van der Waals surface area contributed by atoms with Gasteiger partial charge in [-0.2, -0.15) is 5.10 Å². The van der Waals surface area contributed by atoms with E-state index in [-0.39, 0.29) is 18.0 Å². The van der Waals surface area contributed by atoms with E-state index >= 15 is 0 Å². The van der Waals surface area contributed by atoms with E-state index in [0.29, 0.717) is 5.56 Å². The van der Waals surface area contributed by atoms with Crippen molar-refractivity contribution in [2.45, 2.75) is 44.7 Å². The van der Waals surface area contributed by atoms with Crippen LogP contribution in [0.3, 0.4) is 0 Å². The third-order valence-electron chi connectivity index (χ3n) is 5.39. The maximum atomic E-state index is 13.1. The van der Waals surface area contributed by atoms with Crippen molar-refractivity contribution >= 4 is 16.9 Å². The number of carbonyl (C=O) groups excluding carboxylic acids is 1. The number of fused-ring (bicyclic) bond motifs is 1. The fraction of sp³-hybridized carbons (Fsp3) is 0.381. The number of nitrogens with two attached hydrogens (primary N) is 1. The van der Waals surface area contributed by atoms with Gasteiger partial charge in [-0.3, -0.25) is 9.48 Å². The number of carbonyl (C=O) groups is 1. The van der Waals surface area contributed by atoms with Crippen molar-refractivity contribution in [3.05, 3.63) is 47.7 Å². The van der Waals surface area contributed by atoms with Crippen LogP contribution >= 0.6 is 0 Å². The monoisotopic (exact) mass is 363 g/mol. The van der Waals surface area contributed by atoms with Gasteiger partial charge in [0.15, 0.2) is 5.65 Å². The summed E-state index contributed by atoms with van der Waals surface area (Å²) in [6, 6.07) is 12.2. The molecular weight excluding hydrogens is 338 g/mol. The number of aromatic nitrogens is 3. The van der Waals surface area contributed by atoms with Crippen molar-refractivity contribution in [1.82, 2.24) is 20.1 Å². The lowest BCUT2D eigenvalue weighted by molar-refractivity contribution is 0.0927. The smallest absolute Gasteiger partial charge is 0.252 e. The minimum Gasteiger partial charge on any atom is -0.349 e. The summed E-state index contributed by atoms with van der Waals surface area (Å²) < 4.78 is 1.74. The Morgan fingerprint density at radius 2 is 1.89 bits per heavy atom. The molecule has 0 aliphatic heterocycles. The summed E-state index contributed by atoms with van der Waals surface area (Å²) in [5.74, 6) is -0.0591. The molecule has 6 nitrogen and oxygen atoms in total. The molecule has 4 rings (SSSR count). The molecule has 1 aliphatic carbocycles. The summed E-state index contributed by atoms with van der Waals surface area (Å²) in [4.78, 5) is 17.9. The molecule has 0 atom stereocenters. The Morgan fingerprint density at radius 1 is 1.19 bits per heavy atom. The van der Waals surface area contributed by atoms with Gasteiger partial charge >= 0.3 is 0 Å². The van der Waals surface area contributed by atoms with E-state index in [4.69, 9.17) is 10.7 Å². The number of hydrogen-bond donors (Lipinski definition) is 2. The number of pyridine rings is 1. The van der Waals surface area contributed by atoms with Crippen LogP contribution in [0.5, 0.6) is 0 Å². The Balaban J connectivity index is 1.75. The fourth-order valence-corrected chi connectivity index (χ4v) is 3.91. The Labute approximate surface area is 158 Å². The van der Waals surface area contributed by atoms with Gasteiger partial charge in [-0.25, -0.2) is 4.98 Å². The van der Waals surface area contributed by atoms with Crippen molar-refractivity contribution < 1.29 is 4.79 Å². The molecule has 1 aromatic carbocycles. The molecule has 0 saturated heterocycles. The number of nitrogens with one attached hydrogen (secondary N) is 1. The van der Waals surface area contributed by atoms with Crippen molar-refractivity contribution in [3.63, 3.8) is 0 Å². The molecule has 3 N–H and O–H groups in total. The van der Waals surface area contributed by atoms with Gasteiger partial charge in [0.05, 0.1) is 22.3 Å². The number of rotatable bonds is 3. The van der Waals surface area contributed by atoms with E-state index < -0.39 is 0 Å². The first-order valence-electron chi connectivity index (χ1n) is 9.49. The predicted molar refractivity (Wildman–Crippen MR) is 106 cm³/mol. The Kier molecular flexibility index (Phi) is 4.66. The number of nitrogens with zero attached hydrogens (tertiary/aromatic N) is 3. The highest BCUT2D eigenvalue weighted by Gasteiger charge is 2.24. The molecule has 6 heteroatoms. The van der Waals surface area contributed by atoms with Crippen molar-refractivity contribution in [1.29, 1.82) is 0 Å². The third kappa shape index (κ3) is 3.45. The Bertz CT molecular complexity index is 971. The van der Waals surface area contributed by atoms with Crippen LogP contribution in [0.25, 0.3) is 22.3 Å². The molecule has 1 aliphatic rings. The quantitative estimate of drug-likeness (QED) is 0.749. The van der Waals surface area contributed by atoms with Crippen LogP contribution in [-0.4, -0.2) is 32.8 Å². The lowest BCUT2D eigenvalue weighted by atomic mass is 9.91. The summed E-state index contributed by atoms with van der Waals surface area (Å²) in [5.41, 5.74) is 9.93. The highest BCUT2D eigenvalue weighted by atomic mass is 16.1. The Morgan fingerprint density at radius 3 is 2.59 bits per heavy atom. The SMILES string of the molecule is Cc1nn(C)c2nc(-c3ccccc3)cc(C(=O)NC3CCC(N)CC3)c12. The van der Waals surface area contributed by atoms with Gasteiger partial charge in [0.25, 0.3) is 5.91 Å². The zero-order chi connectivity index (χ0) is 19.0. The van der Waals surface area contributed by atoms with Gasteiger partial charge in [-0.1, -0.05) is 30.3 Å². The normalized spacial score (nSPS) is 20.0. The predicted octanol–water partition coefficient (Wildman–Crippen LogP) is 2.94. The fourth-order valence-electron chi connectivity index (χ4n) is 3.91. The van der Waals surface area contributed by atoms with Gasteiger partial charge in [0.1, 0.15) is 0 Å². The number of amides is 1. The first-order valence-corrected chi connectivity index (χ1v) is 9.49. The lowest BCUT2D eigenvalue weighted by Crippen LogP contribution is -2.40.